The summed E-state index contributed by atoms with van der Waals surface area (Å²) in [5.41, 5.74) is 3.04. The number of hydrogen-bond donors (Lipinski definition) is 1. The zero-order chi connectivity index (χ0) is 19.3. The van der Waals surface area contributed by atoms with Gasteiger partial charge in [-0.1, -0.05) is 42.5 Å². The van der Waals surface area contributed by atoms with E-state index >= 15 is 0 Å². The number of aryl methyl sites for hydroxylation is 1. The molecule has 1 heterocycles. The van der Waals surface area contributed by atoms with Crippen molar-refractivity contribution in [3.63, 3.8) is 0 Å². The Morgan fingerprint density at radius 1 is 1.04 bits per heavy atom. The van der Waals surface area contributed by atoms with Crippen LogP contribution in [0.1, 0.15) is 11.1 Å². The van der Waals surface area contributed by atoms with Gasteiger partial charge in [0.1, 0.15) is 6.61 Å². The molecule has 3 aromatic rings. The van der Waals surface area contributed by atoms with Crippen molar-refractivity contribution < 1.29 is 14.3 Å². The highest BCUT2D eigenvalue weighted by molar-refractivity contribution is 7.98. The number of nitrogens with one attached hydrogen (secondary N) is 1. The highest BCUT2D eigenvalue weighted by atomic mass is 32.2. The Kier molecular flexibility index (Phi) is 5.53. The molecule has 4 rings (SSSR count). The standard InChI is InChI=1S/C23H21NO3S/c1-16-13-17(15-28-18-7-3-2-4-8-18)11-12-19(16)24-23(25)22-14-26-20-9-5-6-10-21(20)27-22/h2-13,22H,14-15H2,1H3,(H,24,25)/t22-/m0/s1. The van der Waals surface area contributed by atoms with Crippen LogP contribution in [0.4, 0.5) is 5.69 Å². The summed E-state index contributed by atoms with van der Waals surface area (Å²) in [6, 6.07) is 23.8. The van der Waals surface area contributed by atoms with E-state index in [-0.39, 0.29) is 12.5 Å². The predicted molar refractivity (Wildman–Crippen MR) is 112 cm³/mol. The average Bonchev–Trinajstić information content (AvgIpc) is 2.74. The van der Waals surface area contributed by atoms with Crippen LogP contribution in [0.3, 0.4) is 0 Å². The number of hydrogen-bond acceptors (Lipinski definition) is 4. The molecule has 1 N–H and O–H groups in total. The van der Waals surface area contributed by atoms with Crippen molar-refractivity contribution in [2.24, 2.45) is 0 Å². The van der Waals surface area contributed by atoms with Crippen molar-refractivity contribution >= 4 is 23.4 Å². The monoisotopic (exact) mass is 391 g/mol. The molecule has 0 aromatic heterocycles. The number of ether oxygens (including phenoxy) is 2. The van der Waals surface area contributed by atoms with E-state index in [1.807, 2.05) is 55.5 Å². The fourth-order valence-corrected chi connectivity index (χ4v) is 3.86. The molecule has 28 heavy (non-hydrogen) atoms. The first-order valence-corrected chi connectivity index (χ1v) is 10.1. The van der Waals surface area contributed by atoms with Crippen molar-refractivity contribution in [3.8, 4) is 11.5 Å². The fraction of sp³-hybridized carbons (Fsp3) is 0.174. The second kappa shape index (κ2) is 8.40. The summed E-state index contributed by atoms with van der Waals surface area (Å²) in [5, 5.41) is 2.96. The van der Waals surface area contributed by atoms with E-state index in [4.69, 9.17) is 9.47 Å². The maximum Gasteiger partial charge on any atom is 0.269 e. The lowest BCUT2D eigenvalue weighted by atomic mass is 10.1. The summed E-state index contributed by atoms with van der Waals surface area (Å²) in [6.07, 6.45) is -0.664. The molecule has 1 aliphatic heterocycles. The Balaban J connectivity index is 1.37. The molecule has 0 saturated heterocycles. The van der Waals surface area contributed by atoms with Gasteiger partial charge in [-0.05, 0) is 48.4 Å². The van der Waals surface area contributed by atoms with E-state index in [0.717, 1.165) is 17.0 Å². The molecule has 0 radical (unpaired) electrons. The van der Waals surface area contributed by atoms with Crippen molar-refractivity contribution in [2.45, 2.75) is 23.7 Å². The number of benzene rings is 3. The zero-order valence-electron chi connectivity index (χ0n) is 15.6. The van der Waals surface area contributed by atoms with Crippen molar-refractivity contribution in [3.05, 3.63) is 83.9 Å². The highest BCUT2D eigenvalue weighted by Crippen LogP contribution is 2.31. The molecule has 0 unspecified atom stereocenters. The molecule has 0 spiro atoms. The molecule has 5 heteroatoms. The first kappa shape index (κ1) is 18.4. The van der Waals surface area contributed by atoms with Crippen molar-refractivity contribution in [1.82, 2.24) is 0 Å². The lowest BCUT2D eigenvalue weighted by Crippen LogP contribution is -2.40. The minimum absolute atomic E-state index is 0.202. The molecule has 1 atom stereocenters. The molecule has 142 valence electrons. The molecule has 0 aliphatic carbocycles. The Hall–Kier alpha value is -2.92. The van der Waals surface area contributed by atoms with Gasteiger partial charge >= 0.3 is 0 Å². The predicted octanol–water partition coefficient (Wildman–Crippen LogP) is 5.07. The lowest BCUT2D eigenvalue weighted by molar-refractivity contribution is -0.125. The van der Waals surface area contributed by atoms with Gasteiger partial charge in [-0.3, -0.25) is 4.79 Å². The van der Waals surface area contributed by atoms with E-state index in [2.05, 4.69) is 23.5 Å². The van der Waals surface area contributed by atoms with Gasteiger partial charge in [-0.25, -0.2) is 0 Å². The largest absolute Gasteiger partial charge is 0.485 e. The van der Waals surface area contributed by atoms with Gasteiger partial charge in [0.2, 0.25) is 6.10 Å². The van der Waals surface area contributed by atoms with Gasteiger partial charge in [-0.2, -0.15) is 0 Å². The second-order valence-corrected chi connectivity index (χ2v) is 7.65. The minimum atomic E-state index is -0.664. The van der Waals surface area contributed by atoms with Crippen LogP contribution in [0.5, 0.6) is 11.5 Å². The van der Waals surface area contributed by atoms with Gasteiger partial charge in [0.25, 0.3) is 5.91 Å². The number of carbonyl (C=O) groups excluding carboxylic acids is 1. The quantitative estimate of drug-likeness (QED) is 0.617. The van der Waals surface area contributed by atoms with Crippen LogP contribution in [-0.2, 0) is 10.5 Å². The van der Waals surface area contributed by atoms with Gasteiger partial charge in [0.15, 0.2) is 11.5 Å². The first-order valence-electron chi connectivity index (χ1n) is 9.16. The molecule has 0 saturated carbocycles. The maximum absolute atomic E-state index is 12.6. The van der Waals surface area contributed by atoms with Gasteiger partial charge in [0, 0.05) is 16.3 Å². The molecule has 3 aromatic carbocycles. The fourth-order valence-electron chi connectivity index (χ4n) is 3.00. The molecule has 1 aliphatic rings. The number of carbonyl (C=O) groups is 1. The van der Waals surface area contributed by atoms with Crippen molar-refractivity contribution in [1.29, 1.82) is 0 Å². The Morgan fingerprint density at radius 3 is 2.57 bits per heavy atom. The SMILES string of the molecule is Cc1cc(CSc2ccccc2)ccc1NC(=O)[C@@H]1COc2ccccc2O1. The third-order valence-electron chi connectivity index (χ3n) is 4.50. The molecule has 4 nitrogen and oxygen atoms in total. The minimum Gasteiger partial charge on any atom is -0.485 e. The maximum atomic E-state index is 12.6. The third kappa shape index (κ3) is 4.31. The summed E-state index contributed by atoms with van der Waals surface area (Å²) in [6.45, 7) is 2.20. The highest BCUT2D eigenvalue weighted by Gasteiger charge is 2.27. The van der Waals surface area contributed by atoms with Crippen LogP contribution < -0.4 is 14.8 Å². The average molecular weight is 391 g/mol. The smallest absolute Gasteiger partial charge is 0.269 e. The van der Waals surface area contributed by atoms with Crippen molar-refractivity contribution in [2.75, 3.05) is 11.9 Å². The second-order valence-electron chi connectivity index (χ2n) is 6.60. The summed E-state index contributed by atoms with van der Waals surface area (Å²) in [5.74, 6) is 1.95. The van der Waals surface area contributed by atoms with Crippen LogP contribution in [0.25, 0.3) is 0 Å². The van der Waals surface area contributed by atoms with Crippen LogP contribution >= 0.6 is 11.8 Å². The van der Waals surface area contributed by atoms with Gasteiger partial charge in [-0.15, -0.1) is 11.8 Å². The third-order valence-corrected chi connectivity index (χ3v) is 5.58. The van der Waals surface area contributed by atoms with Gasteiger partial charge < -0.3 is 14.8 Å². The normalized spacial score (nSPS) is 15.1. The number of anilines is 1. The first-order chi connectivity index (χ1) is 13.7. The lowest BCUT2D eigenvalue weighted by Gasteiger charge is -2.25. The number of para-hydroxylation sites is 2. The van der Waals surface area contributed by atoms with Gasteiger partial charge in [0.05, 0.1) is 0 Å². The number of thioether (sulfide) groups is 1. The van der Waals surface area contributed by atoms with E-state index in [1.165, 1.54) is 10.5 Å². The molecular weight excluding hydrogens is 370 g/mol. The molecule has 0 bridgehead atoms. The Bertz CT molecular complexity index is 975. The van der Waals surface area contributed by atoms with Crippen LogP contribution in [0.15, 0.2) is 77.7 Å². The molecular formula is C23H21NO3S. The Morgan fingerprint density at radius 2 is 1.79 bits per heavy atom. The summed E-state index contributed by atoms with van der Waals surface area (Å²) >= 11 is 1.79. The summed E-state index contributed by atoms with van der Waals surface area (Å²) in [7, 11) is 0. The van der Waals surface area contributed by atoms with E-state index in [9.17, 15) is 4.79 Å². The van der Waals surface area contributed by atoms with Crippen LogP contribution in [0, 0.1) is 6.92 Å². The number of fused-ring (bicyclic) bond motifs is 1. The topological polar surface area (TPSA) is 47.6 Å². The van der Waals surface area contributed by atoms with E-state index < -0.39 is 6.10 Å². The van der Waals surface area contributed by atoms with E-state index in [1.54, 1.807) is 17.8 Å². The zero-order valence-corrected chi connectivity index (χ0v) is 16.4. The van der Waals surface area contributed by atoms with Crippen LogP contribution in [-0.4, -0.2) is 18.6 Å². The summed E-state index contributed by atoms with van der Waals surface area (Å²) in [4.78, 5) is 13.8. The number of amides is 1. The number of rotatable bonds is 5. The molecule has 1 amide bonds. The van der Waals surface area contributed by atoms with E-state index in [0.29, 0.717) is 11.5 Å². The molecule has 0 fully saturated rings. The summed E-state index contributed by atoms with van der Waals surface area (Å²) < 4.78 is 11.4. The Labute approximate surface area is 168 Å². The van der Waals surface area contributed by atoms with Crippen LogP contribution in [0.2, 0.25) is 0 Å².